The molecule has 1 nitrogen and oxygen atoms in total. The maximum Gasteiger partial charge on any atom is 0.408 e. The van der Waals surface area contributed by atoms with Crippen LogP contribution in [-0.2, 0) is 0 Å². The summed E-state index contributed by atoms with van der Waals surface area (Å²) >= 11 is 1.16. The van der Waals surface area contributed by atoms with Crippen LogP contribution in [0.5, 0.6) is 0 Å². The second kappa shape index (κ2) is 5.40. The maximum atomic E-state index is 13.0. The summed E-state index contributed by atoms with van der Waals surface area (Å²) in [7, 11) is 0. The van der Waals surface area contributed by atoms with Gasteiger partial charge in [0.1, 0.15) is 6.04 Å². The van der Waals surface area contributed by atoms with Crippen LogP contribution in [0, 0.1) is 0 Å². The van der Waals surface area contributed by atoms with Crippen LogP contribution in [-0.4, -0.2) is 12.2 Å². The molecule has 1 saturated carbocycles. The summed E-state index contributed by atoms with van der Waals surface area (Å²) in [5, 5.41) is 4.47. The van der Waals surface area contributed by atoms with E-state index in [-0.39, 0.29) is 6.04 Å². The highest BCUT2D eigenvalue weighted by atomic mass is 32.1. The molecule has 1 atom stereocenters. The van der Waals surface area contributed by atoms with E-state index in [9.17, 15) is 13.2 Å². The molecule has 1 heterocycles. The number of hydrogen-bond acceptors (Lipinski definition) is 2. The molecule has 1 fully saturated rings. The van der Waals surface area contributed by atoms with E-state index in [1.807, 2.05) is 0 Å². The fourth-order valence-corrected chi connectivity index (χ4v) is 3.11. The minimum absolute atomic E-state index is 0.0116. The van der Waals surface area contributed by atoms with Crippen LogP contribution in [0.3, 0.4) is 0 Å². The predicted molar refractivity (Wildman–Crippen MR) is 63.1 cm³/mol. The number of thiophene rings is 1. The molecule has 0 bridgehead atoms. The summed E-state index contributed by atoms with van der Waals surface area (Å²) in [6.45, 7) is 0. The highest BCUT2D eigenvalue weighted by molar-refractivity contribution is 7.10. The third-order valence-corrected chi connectivity index (χ3v) is 4.10. The van der Waals surface area contributed by atoms with Gasteiger partial charge in [0.05, 0.1) is 0 Å². The van der Waals surface area contributed by atoms with Gasteiger partial charge in [-0.15, -0.1) is 11.3 Å². The molecule has 0 aliphatic heterocycles. The molecule has 96 valence electrons. The zero-order valence-electron chi connectivity index (χ0n) is 9.46. The first-order valence-corrected chi connectivity index (χ1v) is 6.81. The Hall–Kier alpha value is -0.550. The molecule has 5 heteroatoms. The molecule has 1 aromatic heterocycles. The lowest BCUT2D eigenvalue weighted by Crippen LogP contribution is -2.41. The topological polar surface area (TPSA) is 12.0 Å². The van der Waals surface area contributed by atoms with E-state index in [2.05, 4.69) is 5.32 Å². The quantitative estimate of drug-likeness (QED) is 0.858. The lowest BCUT2D eigenvalue weighted by molar-refractivity contribution is -0.159. The number of halogens is 3. The van der Waals surface area contributed by atoms with Crippen molar-refractivity contribution in [3.8, 4) is 0 Å². The Morgan fingerprint density at radius 2 is 1.94 bits per heavy atom. The molecule has 0 amide bonds. The summed E-state index contributed by atoms with van der Waals surface area (Å²) in [6, 6.07) is 1.74. The minimum Gasteiger partial charge on any atom is -0.299 e. The zero-order valence-corrected chi connectivity index (χ0v) is 10.3. The molecule has 0 aromatic carbocycles. The fourth-order valence-electron chi connectivity index (χ4n) is 2.30. The number of rotatable bonds is 3. The van der Waals surface area contributed by atoms with Gasteiger partial charge in [0.25, 0.3) is 0 Å². The average molecular weight is 263 g/mol. The maximum absolute atomic E-state index is 13.0. The van der Waals surface area contributed by atoms with Gasteiger partial charge in [0, 0.05) is 10.9 Å². The van der Waals surface area contributed by atoms with E-state index in [0.717, 1.165) is 43.4 Å². The Bertz CT molecular complexity index is 328. The molecule has 17 heavy (non-hydrogen) atoms. The Morgan fingerprint density at radius 1 is 1.24 bits per heavy atom. The van der Waals surface area contributed by atoms with Crippen molar-refractivity contribution in [2.24, 2.45) is 0 Å². The Labute approximate surface area is 103 Å². The first-order chi connectivity index (χ1) is 8.07. The molecular formula is C12H16F3NS. The second-order valence-corrected chi connectivity index (χ2v) is 5.47. The van der Waals surface area contributed by atoms with Crippen LogP contribution in [0.2, 0.25) is 0 Å². The third kappa shape index (κ3) is 3.45. The van der Waals surface area contributed by atoms with Crippen molar-refractivity contribution >= 4 is 11.3 Å². The summed E-state index contributed by atoms with van der Waals surface area (Å²) in [6.07, 6.45) is 0.728. The van der Waals surface area contributed by atoms with Crippen molar-refractivity contribution in [3.05, 3.63) is 22.4 Å². The minimum atomic E-state index is -4.21. The van der Waals surface area contributed by atoms with Crippen molar-refractivity contribution < 1.29 is 13.2 Å². The van der Waals surface area contributed by atoms with Gasteiger partial charge >= 0.3 is 6.18 Å². The van der Waals surface area contributed by atoms with E-state index in [0.29, 0.717) is 4.88 Å². The van der Waals surface area contributed by atoms with Gasteiger partial charge in [-0.1, -0.05) is 25.3 Å². The second-order valence-electron chi connectivity index (χ2n) is 4.49. The van der Waals surface area contributed by atoms with Crippen molar-refractivity contribution in [2.45, 2.75) is 50.4 Å². The highest BCUT2D eigenvalue weighted by Crippen LogP contribution is 2.36. The molecule has 1 unspecified atom stereocenters. The van der Waals surface area contributed by atoms with Gasteiger partial charge in [0.2, 0.25) is 0 Å². The van der Waals surface area contributed by atoms with E-state index >= 15 is 0 Å². The first kappa shape index (κ1) is 12.9. The van der Waals surface area contributed by atoms with E-state index < -0.39 is 12.2 Å². The largest absolute Gasteiger partial charge is 0.408 e. The molecule has 2 rings (SSSR count). The summed E-state index contributed by atoms with van der Waals surface area (Å²) in [5.41, 5.74) is 0. The van der Waals surface area contributed by atoms with Crippen LogP contribution in [0.1, 0.15) is 43.0 Å². The first-order valence-electron chi connectivity index (χ1n) is 5.93. The van der Waals surface area contributed by atoms with Crippen LogP contribution < -0.4 is 5.32 Å². The number of alkyl halides is 3. The number of nitrogens with one attached hydrogen (secondary N) is 1. The molecule has 1 aliphatic rings. The van der Waals surface area contributed by atoms with Gasteiger partial charge in [-0.2, -0.15) is 13.2 Å². The summed E-state index contributed by atoms with van der Waals surface area (Å²) in [5.74, 6) is 0. The average Bonchev–Trinajstić information content (AvgIpc) is 2.79. The van der Waals surface area contributed by atoms with Crippen LogP contribution in [0.15, 0.2) is 17.5 Å². The number of hydrogen-bond donors (Lipinski definition) is 1. The summed E-state index contributed by atoms with van der Waals surface area (Å²) < 4.78 is 38.9. The SMILES string of the molecule is FC(F)(F)C(NC1CCCCC1)c1cccs1. The van der Waals surface area contributed by atoms with Gasteiger partial charge in [0.15, 0.2) is 0 Å². The van der Waals surface area contributed by atoms with Crippen LogP contribution in [0.4, 0.5) is 13.2 Å². The Balaban J connectivity index is 2.06. The molecule has 1 aliphatic carbocycles. The van der Waals surface area contributed by atoms with E-state index in [1.165, 1.54) is 0 Å². The van der Waals surface area contributed by atoms with Crippen molar-refractivity contribution in [3.63, 3.8) is 0 Å². The van der Waals surface area contributed by atoms with Crippen LogP contribution in [0.25, 0.3) is 0 Å². The smallest absolute Gasteiger partial charge is 0.299 e. The molecule has 1 aromatic rings. The lowest BCUT2D eigenvalue weighted by atomic mass is 9.94. The van der Waals surface area contributed by atoms with E-state index in [1.54, 1.807) is 17.5 Å². The zero-order chi connectivity index (χ0) is 12.3. The van der Waals surface area contributed by atoms with Gasteiger partial charge in [-0.3, -0.25) is 5.32 Å². The van der Waals surface area contributed by atoms with Crippen LogP contribution >= 0.6 is 11.3 Å². The summed E-state index contributed by atoms with van der Waals surface area (Å²) in [4.78, 5) is 0.364. The Morgan fingerprint density at radius 3 is 2.47 bits per heavy atom. The highest BCUT2D eigenvalue weighted by Gasteiger charge is 2.42. The van der Waals surface area contributed by atoms with Crippen molar-refractivity contribution in [2.75, 3.05) is 0 Å². The molecule has 0 saturated heterocycles. The third-order valence-electron chi connectivity index (χ3n) is 3.16. The van der Waals surface area contributed by atoms with Gasteiger partial charge in [-0.05, 0) is 24.3 Å². The Kier molecular flexibility index (Phi) is 4.09. The molecule has 0 radical (unpaired) electrons. The fraction of sp³-hybridized carbons (Fsp3) is 0.667. The van der Waals surface area contributed by atoms with Crippen molar-refractivity contribution in [1.29, 1.82) is 0 Å². The molecule has 0 spiro atoms. The standard InChI is InChI=1S/C12H16F3NS/c13-12(14,15)11(10-7-4-8-17-10)16-9-5-2-1-3-6-9/h4,7-9,11,16H,1-3,5-6H2. The predicted octanol–water partition coefficient (Wildman–Crippen LogP) is 4.27. The van der Waals surface area contributed by atoms with Gasteiger partial charge in [-0.25, -0.2) is 0 Å². The van der Waals surface area contributed by atoms with Gasteiger partial charge < -0.3 is 0 Å². The monoisotopic (exact) mass is 263 g/mol. The normalized spacial score (nSPS) is 20.4. The molecular weight excluding hydrogens is 247 g/mol. The van der Waals surface area contributed by atoms with E-state index in [4.69, 9.17) is 0 Å². The van der Waals surface area contributed by atoms with Crippen molar-refractivity contribution in [1.82, 2.24) is 5.32 Å². The molecule has 1 N–H and O–H groups in total. The lowest BCUT2D eigenvalue weighted by Gasteiger charge is -2.29.